The Morgan fingerprint density at radius 3 is 2.48 bits per heavy atom. The number of anilines is 1. The zero-order chi connectivity index (χ0) is 17.9. The largest absolute Gasteiger partial charge is 0.390 e. The number of hydrogen-bond acceptors (Lipinski definition) is 4. The maximum Gasteiger partial charge on any atom is 0.0834 e. The summed E-state index contributed by atoms with van der Waals surface area (Å²) in [6.45, 7) is 0.634. The van der Waals surface area contributed by atoms with Crippen LogP contribution in [0, 0.1) is 0 Å². The SMILES string of the molecule is Cl.NC[C@H](O)CNc1cc(-c2ccc3ccccc3c2)nc2ccccc12. The molecule has 0 fully saturated rings. The van der Waals surface area contributed by atoms with Crippen molar-refractivity contribution < 1.29 is 5.11 Å². The van der Waals surface area contributed by atoms with E-state index in [1.165, 1.54) is 10.8 Å². The lowest BCUT2D eigenvalue weighted by atomic mass is 10.0. The van der Waals surface area contributed by atoms with Crippen LogP contribution in [0.3, 0.4) is 0 Å². The number of benzene rings is 3. The third-order valence-electron chi connectivity index (χ3n) is 4.56. The molecule has 27 heavy (non-hydrogen) atoms. The van der Waals surface area contributed by atoms with Gasteiger partial charge < -0.3 is 16.2 Å². The third kappa shape index (κ3) is 4.03. The van der Waals surface area contributed by atoms with Crippen molar-refractivity contribution in [2.24, 2.45) is 5.73 Å². The van der Waals surface area contributed by atoms with Gasteiger partial charge in [-0.05, 0) is 29.0 Å². The standard InChI is InChI=1S/C22H21N3O.ClH/c23-13-18(26)14-24-22-12-21(25-20-8-4-3-7-19(20)22)17-10-9-15-5-1-2-6-16(15)11-17;/h1-12,18,26H,13-14,23H2,(H,24,25);1H/t18-;/m0./s1. The summed E-state index contributed by atoms with van der Waals surface area (Å²) >= 11 is 0. The molecule has 5 heteroatoms. The summed E-state index contributed by atoms with van der Waals surface area (Å²) in [6.07, 6.45) is -0.578. The second-order valence-corrected chi connectivity index (χ2v) is 6.40. The molecule has 4 nitrogen and oxygen atoms in total. The number of nitrogens with zero attached hydrogens (tertiary/aromatic N) is 1. The van der Waals surface area contributed by atoms with Gasteiger partial charge in [-0.3, -0.25) is 0 Å². The number of aromatic nitrogens is 1. The first-order valence-corrected chi connectivity index (χ1v) is 8.75. The molecule has 0 aliphatic carbocycles. The molecule has 1 aromatic heterocycles. The molecule has 0 aliphatic rings. The van der Waals surface area contributed by atoms with Gasteiger partial charge in [0.15, 0.2) is 0 Å². The Morgan fingerprint density at radius 2 is 1.67 bits per heavy atom. The number of hydrogen-bond donors (Lipinski definition) is 3. The number of halogens is 1. The first kappa shape index (κ1) is 19.1. The average molecular weight is 380 g/mol. The van der Waals surface area contributed by atoms with E-state index in [4.69, 9.17) is 10.7 Å². The number of nitrogens with two attached hydrogens (primary N) is 1. The van der Waals surface area contributed by atoms with Gasteiger partial charge in [0.05, 0.1) is 17.3 Å². The van der Waals surface area contributed by atoms with Crippen LogP contribution < -0.4 is 11.1 Å². The van der Waals surface area contributed by atoms with Crippen molar-refractivity contribution >= 4 is 39.8 Å². The van der Waals surface area contributed by atoms with Crippen LogP contribution in [-0.4, -0.2) is 29.3 Å². The lowest BCUT2D eigenvalue weighted by Gasteiger charge is -2.14. The van der Waals surface area contributed by atoms with Crippen molar-refractivity contribution in [1.82, 2.24) is 4.98 Å². The average Bonchev–Trinajstić information content (AvgIpc) is 2.71. The molecular weight excluding hydrogens is 358 g/mol. The molecule has 0 spiro atoms. The maximum absolute atomic E-state index is 9.79. The number of nitrogens with one attached hydrogen (secondary N) is 1. The Hall–Kier alpha value is -2.66. The van der Waals surface area contributed by atoms with Crippen LogP contribution in [0.1, 0.15) is 0 Å². The predicted molar refractivity (Wildman–Crippen MR) is 115 cm³/mol. The Bertz CT molecular complexity index is 1070. The fraction of sp³-hybridized carbons (Fsp3) is 0.136. The second kappa shape index (κ2) is 8.35. The van der Waals surface area contributed by atoms with E-state index in [0.717, 1.165) is 27.8 Å². The van der Waals surface area contributed by atoms with E-state index in [-0.39, 0.29) is 19.0 Å². The topological polar surface area (TPSA) is 71.2 Å². The number of fused-ring (bicyclic) bond motifs is 2. The van der Waals surface area contributed by atoms with Crippen LogP contribution in [0.5, 0.6) is 0 Å². The highest BCUT2D eigenvalue weighted by Gasteiger charge is 2.09. The van der Waals surface area contributed by atoms with Crippen LogP contribution in [0.2, 0.25) is 0 Å². The minimum Gasteiger partial charge on any atom is -0.390 e. The molecule has 4 N–H and O–H groups in total. The Kier molecular flexibility index (Phi) is 5.91. The van der Waals surface area contributed by atoms with E-state index in [1.807, 2.05) is 42.5 Å². The van der Waals surface area contributed by atoms with Crippen molar-refractivity contribution in [1.29, 1.82) is 0 Å². The van der Waals surface area contributed by atoms with Gasteiger partial charge >= 0.3 is 0 Å². The van der Waals surface area contributed by atoms with E-state index >= 15 is 0 Å². The lowest BCUT2D eigenvalue weighted by molar-refractivity contribution is 0.196. The molecule has 3 aromatic carbocycles. The number of aliphatic hydroxyl groups is 1. The molecule has 0 amide bonds. The minimum absolute atomic E-state index is 0. The molecular formula is C22H22ClN3O. The number of rotatable bonds is 5. The molecule has 1 atom stereocenters. The summed E-state index contributed by atoms with van der Waals surface area (Å²) < 4.78 is 0. The third-order valence-corrected chi connectivity index (χ3v) is 4.56. The molecule has 0 unspecified atom stereocenters. The minimum atomic E-state index is -0.578. The van der Waals surface area contributed by atoms with E-state index in [9.17, 15) is 5.11 Å². The van der Waals surface area contributed by atoms with Gasteiger partial charge in [0.25, 0.3) is 0 Å². The zero-order valence-corrected chi connectivity index (χ0v) is 15.6. The van der Waals surface area contributed by atoms with Crippen molar-refractivity contribution in [3.63, 3.8) is 0 Å². The van der Waals surface area contributed by atoms with Gasteiger partial charge in [-0.15, -0.1) is 12.4 Å². The molecule has 0 aliphatic heterocycles. The number of aliphatic hydroxyl groups excluding tert-OH is 1. The normalized spacial score (nSPS) is 11.9. The summed E-state index contributed by atoms with van der Waals surface area (Å²) in [4.78, 5) is 4.83. The van der Waals surface area contributed by atoms with Crippen LogP contribution >= 0.6 is 12.4 Å². The summed E-state index contributed by atoms with van der Waals surface area (Å²) in [5.41, 5.74) is 9.36. The summed E-state index contributed by atoms with van der Waals surface area (Å²) in [7, 11) is 0. The van der Waals surface area contributed by atoms with E-state index in [2.05, 4.69) is 35.6 Å². The van der Waals surface area contributed by atoms with Crippen LogP contribution in [0.25, 0.3) is 32.9 Å². The Labute approximate surface area is 164 Å². The number of para-hydroxylation sites is 1. The fourth-order valence-electron chi connectivity index (χ4n) is 3.13. The van der Waals surface area contributed by atoms with E-state index < -0.39 is 6.10 Å². The van der Waals surface area contributed by atoms with Crippen LogP contribution in [0.4, 0.5) is 5.69 Å². The van der Waals surface area contributed by atoms with Crippen molar-refractivity contribution in [3.05, 3.63) is 72.8 Å². The highest BCUT2D eigenvalue weighted by Crippen LogP contribution is 2.30. The quantitative estimate of drug-likeness (QED) is 0.485. The molecule has 0 bridgehead atoms. The van der Waals surface area contributed by atoms with Crippen molar-refractivity contribution in [2.45, 2.75) is 6.10 Å². The zero-order valence-electron chi connectivity index (χ0n) is 14.8. The van der Waals surface area contributed by atoms with Crippen LogP contribution in [0.15, 0.2) is 72.8 Å². The Balaban J connectivity index is 0.00000210. The molecule has 4 aromatic rings. The molecule has 138 valence electrons. The second-order valence-electron chi connectivity index (χ2n) is 6.40. The van der Waals surface area contributed by atoms with Gasteiger partial charge in [-0.25, -0.2) is 4.98 Å². The monoisotopic (exact) mass is 379 g/mol. The first-order chi connectivity index (χ1) is 12.7. The highest BCUT2D eigenvalue weighted by atomic mass is 35.5. The lowest BCUT2D eigenvalue weighted by Crippen LogP contribution is -2.27. The molecule has 0 saturated carbocycles. The van der Waals surface area contributed by atoms with Gasteiger partial charge in [0.1, 0.15) is 0 Å². The number of pyridine rings is 1. The summed E-state index contributed by atoms with van der Waals surface area (Å²) in [6, 6.07) is 24.7. The van der Waals surface area contributed by atoms with Gasteiger partial charge in [-0.2, -0.15) is 0 Å². The maximum atomic E-state index is 9.79. The van der Waals surface area contributed by atoms with Crippen molar-refractivity contribution in [3.8, 4) is 11.3 Å². The van der Waals surface area contributed by atoms with Gasteiger partial charge in [-0.1, -0.05) is 54.6 Å². The molecule has 1 heterocycles. The van der Waals surface area contributed by atoms with E-state index in [1.54, 1.807) is 0 Å². The molecule has 0 saturated heterocycles. The van der Waals surface area contributed by atoms with Gasteiger partial charge in [0.2, 0.25) is 0 Å². The predicted octanol–water partition coefficient (Wildman–Crippen LogP) is 4.21. The summed E-state index contributed by atoms with van der Waals surface area (Å²) in [5.74, 6) is 0. The first-order valence-electron chi connectivity index (χ1n) is 8.75. The summed E-state index contributed by atoms with van der Waals surface area (Å²) in [5, 5.41) is 16.5. The molecule has 0 radical (unpaired) electrons. The Morgan fingerprint density at radius 1 is 0.926 bits per heavy atom. The molecule has 4 rings (SSSR count). The fourth-order valence-corrected chi connectivity index (χ4v) is 3.13. The van der Waals surface area contributed by atoms with Crippen molar-refractivity contribution in [2.75, 3.05) is 18.4 Å². The smallest absolute Gasteiger partial charge is 0.0834 e. The highest BCUT2D eigenvalue weighted by molar-refractivity contribution is 5.95. The van der Waals surface area contributed by atoms with Crippen LogP contribution in [-0.2, 0) is 0 Å². The van der Waals surface area contributed by atoms with Gasteiger partial charge in [0, 0.05) is 29.7 Å². The van der Waals surface area contributed by atoms with E-state index in [0.29, 0.717) is 6.54 Å².